The van der Waals surface area contributed by atoms with E-state index >= 15 is 0 Å². The number of imidazole rings is 1. The van der Waals surface area contributed by atoms with Crippen LogP contribution in [-0.2, 0) is 7.05 Å². The molecule has 22 heavy (non-hydrogen) atoms. The molecule has 8 heteroatoms. The van der Waals surface area contributed by atoms with Crippen molar-refractivity contribution in [3.05, 3.63) is 27.8 Å². The molecule has 118 valence electrons. The lowest BCUT2D eigenvalue weighted by atomic mass is 10.1. The molecule has 2 aromatic rings. The van der Waals surface area contributed by atoms with Crippen molar-refractivity contribution in [1.29, 1.82) is 0 Å². The van der Waals surface area contributed by atoms with Gasteiger partial charge in [0.05, 0.1) is 22.5 Å². The minimum atomic E-state index is -0.986. The summed E-state index contributed by atoms with van der Waals surface area (Å²) in [5, 5.41) is 11.0. The van der Waals surface area contributed by atoms with Crippen molar-refractivity contribution in [2.75, 3.05) is 18.0 Å². The van der Waals surface area contributed by atoms with Gasteiger partial charge < -0.3 is 15.2 Å². The van der Waals surface area contributed by atoms with Crippen LogP contribution in [0.3, 0.4) is 0 Å². The van der Waals surface area contributed by atoms with E-state index in [-0.39, 0.29) is 18.3 Å². The molecule has 2 heterocycles. The third kappa shape index (κ3) is 2.39. The Kier molecular flexibility index (Phi) is 3.48. The maximum absolute atomic E-state index is 13.7. The standard InChI is InChI=1S/C14H18FN5O2/c1-8-3-13-11(5-12(8)20(21)22)17-14(18(13)2)19-6-9(15)4-10(16)7-19/h3,5,9-10H,4,6-7,16H2,1-2H3/t9-,10-/m1/s1. The van der Waals surface area contributed by atoms with Crippen LogP contribution in [0.25, 0.3) is 11.0 Å². The summed E-state index contributed by atoms with van der Waals surface area (Å²) in [7, 11) is 1.82. The van der Waals surface area contributed by atoms with Gasteiger partial charge >= 0.3 is 0 Å². The number of alkyl halides is 1. The van der Waals surface area contributed by atoms with Crippen molar-refractivity contribution in [2.45, 2.75) is 25.6 Å². The van der Waals surface area contributed by atoms with E-state index in [1.807, 2.05) is 11.6 Å². The number of benzene rings is 1. The number of nitrogens with two attached hydrogens (primary N) is 1. The van der Waals surface area contributed by atoms with Crippen molar-refractivity contribution in [3.8, 4) is 0 Å². The summed E-state index contributed by atoms with van der Waals surface area (Å²) < 4.78 is 15.6. The summed E-state index contributed by atoms with van der Waals surface area (Å²) in [6, 6.07) is 2.96. The Balaban J connectivity index is 2.08. The lowest BCUT2D eigenvalue weighted by Crippen LogP contribution is -2.48. The van der Waals surface area contributed by atoms with Crippen molar-refractivity contribution < 1.29 is 9.31 Å². The smallest absolute Gasteiger partial charge is 0.274 e. The van der Waals surface area contributed by atoms with Crippen LogP contribution in [0.2, 0.25) is 0 Å². The number of piperidine rings is 1. The minimum absolute atomic E-state index is 0.0378. The van der Waals surface area contributed by atoms with Gasteiger partial charge in [-0.2, -0.15) is 0 Å². The van der Waals surface area contributed by atoms with Crippen LogP contribution < -0.4 is 10.6 Å². The number of aryl methyl sites for hydroxylation is 2. The highest BCUT2D eigenvalue weighted by atomic mass is 19.1. The summed E-state index contributed by atoms with van der Waals surface area (Å²) in [4.78, 5) is 16.9. The Hall–Kier alpha value is -2.22. The predicted octanol–water partition coefficient (Wildman–Crippen LogP) is 1.67. The number of nitro groups is 1. The van der Waals surface area contributed by atoms with Crippen LogP contribution in [0.5, 0.6) is 0 Å². The van der Waals surface area contributed by atoms with Gasteiger partial charge in [-0.1, -0.05) is 0 Å². The molecule has 1 saturated heterocycles. The predicted molar refractivity (Wildman–Crippen MR) is 81.8 cm³/mol. The molecule has 1 aromatic carbocycles. The third-order valence-electron chi connectivity index (χ3n) is 4.09. The Morgan fingerprint density at radius 3 is 2.82 bits per heavy atom. The van der Waals surface area contributed by atoms with Crippen LogP contribution in [0.1, 0.15) is 12.0 Å². The zero-order chi connectivity index (χ0) is 16.0. The number of fused-ring (bicyclic) bond motifs is 1. The first kappa shape index (κ1) is 14.7. The Bertz CT molecular complexity index is 734. The first-order chi connectivity index (χ1) is 10.4. The molecular formula is C14H18FN5O2. The second kappa shape index (κ2) is 5.20. The van der Waals surface area contributed by atoms with Gasteiger partial charge in [-0.25, -0.2) is 9.37 Å². The number of halogens is 1. The largest absolute Gasteiger partial charge is 0.338 e. The second-order valence-corrected chi connectivity index (χ2v) is 5.85. The zero-order valence-electron chi connectivity index (χ0n) is 12.5. The molecule has 0 saturated carbocycles. The molecule has 0 amide bonds. The van der Waals surface area contributed by atoms with Crippen LogP contribution in [0, 0.1) is 17.0 Å². The molecule has 1 aliphatic rings. The fourth-order valence-corrected chi connectivity index (χ4v) is 3.04. The fourth-order valence-electron chi connectivity index (χ4n) is 3.04. The second-order valence-electron chi connectivity index (χ2n) is 5.85. The van der Waals surface area contributed by atoms with E-state index in [4.69, 9.17) is 5.73 Å². The lowest BCUT2D eigenvalue weighted by molar-refractivity contribution is -0.385. The average molecular weight is 307 g/mol. The number of hydrogen-bond acceptors (Lipinski definition) is 5. The number of aromatic nitrogens is 2. The first-order valence-corrected chi connectivity index (χ1v) is 7.13. The Morgan fingerprint density at radius 2 is 2.18 bits per heavy atom. The summed E-state index contributed by atoms with van der Waals surface area (Å²) in [5.74, 6) is 0.590. The maximum atomic E-state index is 13.7. The van der Waals surface area contributed by atoms with E-state index < -0.39 is 11.1 Å². The first-order valence-electron chi connectivity index (χ1n) is 7.13. The molecule has 0 bridgehead atoms. The summed E-state index contributed by atoms with van der Waals surface area (Å²) >= 11 is 0. The molecule has 1 aliphatic heterocycles. The molecule has 2 N–H and O–H groups in total. The fraction of sp³-hybridized carbons (Fsp3) is 0.500. The van der Waals surface area contributed by atoms with E-state index in [1.165, 1.54) is 6.07 Å². The van der Waals surface area contributed by atoms with Crippen molar-refractivity contribution in [1.82, 2.24) is 9.55 Å². The highest BCUT2D eigenvalue weighted by molar-refractivity contribution is 5.82. The molecule has 0 unspecified atom stereocenters. The van der Waals surface area contributed by atoms with Gasteiger partial charge in [0, 0.05) is 31.3 Å². The van der Waals surface area contributed by atoms with Crippen molar-refractivity contribution >= 4 is 22.7 Å². The van der Waals surface area contributed by atoms with Crippen LogP contribution >= 0.6 is 0 Å². The van der Waals surface area contributed by atoms with Gasteiger partial charge in [0.15, 0.2) is 0 Å². The summed E-state index contributed by atoms with van der Waals surface area (Å²) in [5.41, 5.74) is 7.81. The van der Waals surface area contributed by atoms with Crippen LogP contribution in [0.15, 0.2) is 12.1 Å². The van der Waals surface area contributed by atoms with E-state index in [0.717, 1.165) is 5.52 Å². The number of nitrogens with zero attached hydrogens (tertiary/aromatic N) is 4. The lowest BCUT2D eigenvalue weighted by Gasteiger charge is -2.33. The SMILES string of the molecule is Cc1cc2c(cc1[N+](=O)[O-])nc(N1C[C@H](N)C[C@@H](F)C1)n2C. The Labute approximate surface area is 126 Å². The minimum Gasteiger partial charge on any atom is -0.338 e. The number of nitro benzene ring substituents is 1. The summed E-state index contributed by atoms with van der Waals surface area (Å²) in [6.07, 6.45) is -0.634. The normalized spacial score (nSPS) is 22.3. The van der Waals surface area contributed by atoms with Crippen LogP contribution in [0.4, 0.5) is 16.0 Å². The van der Waals surface area contributed by atoms with Gasteiger partial charge in [0.25, 0.3) is 5.69 Å². The van der Waals surface area contributed by atoms with Crippen molar-refractivity contribution in [2.24, 2.45) is 12.8 Å². The molecule has 0 spiro atoms. The topological polar surface area (TPSA) is 90.2 Å². The number of anilines is 1. The quantitative estimate of drug-likeness (QED) is 0.673. The van der Waals surface area contributed by atoms with Crippen molar-refractivity contribution in [3.63, 3.8) is 0 Å². The Morgan fingerprint density at radius 1 is 1.45 bits per heavy atom. The molecule has 2 atom stereocenters. The highest BCUT2D eigenvalue weighted by Gasteiger charge is 2.28. The van der Waals surface area contributed by atoms with E-state index in [1.54, 1.807) is 17.9 Å². The van der Waals surface area contributed by atoms with Gasteiger partial charge in [-0.15, -0.1) is 0 Å². The number of hydrogen-bond donors (Lipinski definition) is 1. The summed E-state index contributed by atoms with van der Waals surface area (Å²) in [6.45, 7) is 2.46. The van der Waals surface area contributed by atoms with E-state index in [0.29, 0.717) is 30.0 Å². The highest BCUT2D eigenvalue weighted by Crippen LogP contribution is 2.29. The molecule has 3 rings (SSSR count). The number of rotatable bonds is 2. The van der Waals surface area contributed by atoms with E-state index in [2.05, 4.69) is 4.98 Å². The van der Waals surface area contributed by atoms with E-state index in [9.17, 15) is 14.5 Å². The van der Waals surface area contributed by atoms with Gasteiger partial charge in [-0.05, 0) is 19.4 Å². The molecule has 0 radical (unpaired) electrons. The molecule has 1 aromatic heterocycles. The molecule has 7 nitrogen and oxygen atoms in total. The molecule has 0 aliphatic carbocycles. The monoisotopic (exact) mass is 307 g/mol. The van der Waals surface area contributed by atoms with Gasteiger partial charge in [0.1, 0.15) is 6.17 Å². The zero-order valence-corrected chi connectivity index (χ0v) is 12.5. The van der Waals surface area contributed by atoms with Gasteiger partial charge in [-0.3, -0.25) is 10.1 Å². The van der Waals surface area contributed by atoms with Gasteiger partial charge in [0.2, 0.25) is 5.95 Å². The molecular weight excluding hydrogens is 289 g/mol. The molecule has 1 fully saturated rings. The van der Waals surface area contributed by atoms with Crippen LogP contribution in [-0.4, -0.2) is 39.8 Å². The maximum Gasteiger partial charge on any atom is 0.274 e. The third-order valence-corrected chi connectivity index (χ3v) is 4.09. The average Bonchev–Trinajstić information content (AvgIpc) is 2.73.